The molecule has 0 fully saturated rings. The van der Waals surface area contributed by atoms with Crippen molar-refractivity contribution in [1.29, 1.82) is 0 Å². The van der Waals surface area contributed by atoms with Crippen molar-refractivity contribution in [1.82, 2.24) is 4.57 Å². The van der Waals surface area contributed by atoms with Gasteiger partial charge in [0.1, 0.15) is 0 Å². The summed E-state index contributed by atoms with van der Waals surface area (Å²) in [6, 6.07) is 86.0. The van der Waals surface area contributed by atoms with E-state index in [4.69, 9.17) is 0 Å². The highest BCUT2D eigenvalue weighted by Crippen LogP contribution is 2.64. The highest BCUT2D eigenvalue weighted by atomic mass is 31.2. The monoisotopic (exact) mass is 891 g/mol. The van der Waals surface area contributed by atoms with E-state index in [9.17, 15) is 0 Å². The van der Waals surface area contributed by atoms with E-state index < -0.39 is 7.29 Å². The second-order valence-corrected chi connectivity index (χ2v) is 21.0. The summed E-state index contributed by atoms with van der Waals surface area (Å²) < 4.78 is 22.2. The predicted octanol–water partition coefficient (Wildman–Crippen LogP) is 16.3. The maximum Gasteiger partial charge on any atom is 0.236 e. The van der Waals surface area contributed by atoms with Crippen LogP contribution >= 0.6 is 7.29 Å². The molecule has 1 aromatic heterocycles. The first kappa shape index (κ1) is 40.1. The highest BCUT2D eigenvalue weighted by molar-refractivity contribution is 7.80. The van der Waals surface area contributed by atoms with E-state index in [2.05, 4.69) is 228 Å². The second kappa shape index (κ2) is 15.5. The molecule has 1 aliphatic heterocycles. The first-order valence-electron chi connectivity index (χ1n) is 23.4. The molecule has 0 spiro atoms. The molecule has 11 aromatic rings. The third-order valence-corrected chi connectivity index (χ3v) is 17.3. The third-order valence-electron chi connectivity index (χ3n) is 14.3. The Bertz CT molecular complexity index is 3810. The van der Waals surface area contributed by atoms with Crippen LogP contribution < -0.4 is 20.2 Å². The summed E-state index contributed by atoms with van der Waals surface area (Å²) in [4.78, 5) is 2.41. The van der Waals surface area contributed by atoms with E-state index in [1.165, 1.54) is 33.0 Å². The Hall–Kier alpha value is -8.17. The molecule has 5 heteroatoms. The number of fused-ring (bicyclic) bond motifs is 8. The lowest BCUT2D eigenvalue weighted by Gasteiger charge is -2.34. The molecule has 1 unspecified atom stereocenters. The summed E-state index contributed by atoms with van der Waals surface area (Å²) in [5.74, 6) is 0. The minimum Gasteiger partial charge on any atom is -0.309 e. The van der Waals surface area contributed by atoms with Crippen molar-refractivity contribution >= 4 is 68.1 Å². The fourth-order valence-corrected chi connectivity index (χ4v) is 14.2. The fourth-order valence-electron chi connectivity index (χ4n) is 11.2. The molecule has 2 heterocycles. The molecule has 2 aliphatic rings. The summed E-state index contributed by atoms with van der Waals surface area (Å²) in [5.41, 5.74) is 17.0. The van der Waals surface area contributed by atoms with Crippen LogP contribution in [0.2, 0.25) is 0 Å². The van der Waals surface area contributed by atoms with E-state index in [1.807, 2.05) is 42.5 Å². The van der Waals surface area contributed by atoms with E-state index in [-0.39, 0.29) is 5.41 Å². The lowest BCUT2D eigenvalue weighted by molar-refractivity contribution is 0.587. The van der Waals surface area contributed by atoms with E-state index in [0.717, 1.165) is 78.0 Å². The summed E-state index contributed by atoms with van der Waals surface area (Å²) in [5, 5.41) is 3.90. The predicted molar refractivity (Wildman–Crippen MR) is 286 cm³/mol. The number of anilines is 5. The molecule has 0 amide bonds. The van der Waals surface area contributed by atoms with Gasteiger partial charge in [0.25, 0.3) is 0 Å². The van der Waals surface area contributed by atoms with Crippen LogP contribution in [0.15, 0.2) is 243 Å². The van der Waals surface area contributed by atoms with Crippen LogP contribution in [0.25, 0.3) is 60.9 Å². The molecule has 0 radical (unpaired) electrons. The highest BCUT2D eigenvalue weighted by Gasteiger charge is 2.45. The van der Waals surface area contributed by atoms with Gasteiger partial charge in [-0.05, 0) is 124 Å². The van der Waals surface area contributed by atoms with Gasteiger partial charge < -0.3 is 9.47 Å². The largest absolute Gasteiger partial charge is 0.309 e. The van der Waals surface area contributed by atoms with Crippen molar-refractivity contribution in [3.05, 3.63) is 254 Å². The molecule has 68 heavy (non-hydrogen) atoms. The zero-order valence-corrected chi connectivity index (χ0v) is 38.7. The van der Waals surface area contributed by atoms with Gasteiger partial charge in [-0.25, -0.2) is 0 Å². The minimum atomic E-state index is -3.81. The maximum atomic E-state index is 17.7. The van der Waals surface area contributed by atoms with Crippen LogP contribution in [0.5, 0.6) is 0 Å². The van der Waals surface area contributed by atoms with Crippen molar-refractivity contribution in [3.63, 3.8) is 0 Å². The lowest BCUT2D eigenvalue weighted by atomic mass is 9.82. The topological polar surface area (TPSA) is 28.5 Å². The standard InChI is InChI=1S/C63H46N3OP/c1-63(2)53-30-17-15-29-51(53)62-54(63)31-19-33-59(62)65-57-38-35-45(44-34-37-56-52(40-44)50-28-16-18-32-55(50)64(56)47-22-9-4-10-23-47)41-60(57)66(48-24-11-5-12-25-48)68(67,49-26-13-6-14-27-49)61-42-46(36-39-58(61)65)43-20-7-3-8-21-43/h3-42H,1-2H3. The molecule has 10 aromatic carbocycles. The Morgan fingerprint density at radius 1 is 0.397 bits per heavy atom. The number of benzene rings is 10. The van der Waals surface area contributed by atoms with Crippen LogP contribution in [0, 0.1) is 0 Å². The Labute approximate surface area is 397 Å². The van der Waals surface area contributed by atoms with E-state index in [0.29, 0.717) is 0 Å². The zero-order chi connectivity index (χ0) is 45.6. The maximum absolute atomic E-state index is 17.7. The van der Waals surface area contributed by atoms with Crippen LogP contribution in [-0.2, 0) is 9.98 Å². The molecule has 0 saturated carbocycles. The Morgan fingerprint density at radius 2 is 0.971 bits per heavy atom. The number of hydrogen-bond donors (Lipinski definition) is 0. The average Bonchev–Trinajstić information content (AvgIpc) is 3.82. The number of hydrogen-bond acceptors (Lipinski definition) is 2. The quantitative estimate of drug-likeness (QED) is 0.156. The Kier molecular flexibility index (Phi) is 9.12. The smallest absolute Gasteiger partial charge is 0.236 e. The summed E-state index contributed by atoms with van der Waals surface area (Å²) >= 11 is 0. The molecule has 324 valence electrons. The fraction of sp³-hybridized carbons (Fsp3) is 0.0476. The Morgan fingerprint density at radius 3 is 1.74 bits per heavy atom. The molecule has 13 rings (SSSR count). The first-order chi connectivity index (χ1) is 33.4. The van der Waals surface area contributed by atoms with Gasteiger partial charge in [0.2, 0.25) is 7.29 Å². The average molecular weight is 892 g/mol. The normalized spacial score (nSPS) is 15.7. The molecular weight excluding hydrogens is 846 g/mol. The third kappa shape index (κ3) is 5.97. The lowest BCUT2D eigenvalue weighted by Crippen LogP contribution is -2.29. The van der Waals surface area contributed by atoms with Crippen LogP contribution in [0.1, 0.15) is 25.0 Å². The molecule has 4 nitrogen and oxygen atoms in total. The molecular formula is C63H46N3OP. The SMILES string of the molecule is CC1(C)c2ccccc2-c2c(N3c4ccc(-c5ccc6c(c5)c5ccccc5n6-c5ccccc5)cc4N(c4ccccc4)P(=O)(c4ccccc4)c4cc(-c5ccccc5)ccc43)cccc21. The van der Waals surface area contributed by atoms with Gasteiger partial charge in [0, 0.05) is 38.4 Å². The van der Waals surface area contributed by atoms with Gasteiger partial charge in [-0.2, -0.15) is 0 Å². The van der Waals surface area contributed by atoms with Gasteiger partial charge in [-0.15, -0.1) is 0 Å². The van der Waals surface area contributed by atoms with Gasteiger partial charge in [0.15, 0.2) is 0 Å². The summed E-state index contributed by atoms with van der Waals surface area (Å²) in [6.07, 6.45) is 0. The molecule has 0 N–H and O–H groups in total. The molecule has 1 atom stereocenters. The van der Waals surface area contributed by atoms with Crippen molar-refractivity contribution in [2.45, 2.75) is 19.3 Å². The molecule has 1 aliphatic carbocycles. The van der Waals surface area contributed by atoms with Crippen LogP contribution in [0.3, 0.4) is 0 Å². The van der Waals surface area contributed by atoms with Crippen molar-refractivity contribution < 1.29 is 4.57 Å². The number of para-hydroxylation sites is 3. The van der Waals surface area contributed by atoms with Crippen LogP contribution in [0.4, 0.5) is 28.4 Å². The zero-order valence-electron chi connectivity index (χ0n) is 37.8. The molecule has 0 bridgehead atoms. The van der Waals surface area contributed by atoms with Crippen LogP contribution in [-0.4, -0.2) is 4.57 Å². The second-order valence-electron chi connectivity index (χ2n) is 18.5. The number of aromatic nitrogens is 1. The van der Waals surface area contributed by atoms with Gasteiger partial charge >= 0.3 is 0 Å². The van der Waals surface area contributed by atoms with E-state index >= 15 is 4.57 Å². The minimum absolute atomic E-state index is 0.224. The van der Waals surface area contributed by atoms with Crippen molar-refractivity contribution in [3.8, 4) is 39.1 Å². The first-order valence-corrected chi connectivity index (χ1v) is 25.0. The molecule has 0 saturated heterocycles. The Balaban J connectivity index is 1.14. The number of rotatable bonds is 6. The summed E-state index contributed by atoms with van der Waals surface area (Å²) in [6.45, 7) is 4.66. The van der Waals surface area contributed by atoms with E-state index in [1.54, 1.807) is 0 Å². The van der Waals surface area contributed by atoms with Crippen molar-refractivity contribution in [2.75, 3.05) is 9.57 Å². The number of nitrogens with zero attached hydrogens (tertiary/aromatic N) is 3. The van der Waals surface area contributed by atoms with Crippen molar-refractivity contribution in [2.24, 2.45) is 0 Å². The van der Waals surface area contributed by atoms with Gasteiger partial charge in [-0.1, -0.05) is 172 Å². The summed E-state index contributed by atoms with van der Waals surface area (Å²) in [7, 11) is -3.81. The van der Waals surface area contributed by atoms with Gasteiger partial charge in [-0.3, -0.25) is 9.24 Å². The van der Waals surface area contributed by atoms with Gasteiger partial charge in [0.05, 0.1) is 39.1 Å².